The van der Waals surface area contributed by atoms with Crippen LogP contribution in [0, 0.1) is 12.0 Å². The van der Waals surface area contributed by atoms with Gasteiger partial charge in [-0.25, -0.2) is 4.98 Å². The SMILES string of the molecule is CCCCC(C#[N+]c1nc(N)nc2cccnc12)[C@H](C)O. The normalized spacial score (nSPS) is 13.5. The van der Waals surface area contributed by atoms with Crippen LogP contribution < -0.4 is 5.73 Å². The zero-order valence-electron chi connectivity index (χ0n) is 12.3. The number of hydrogen-bond donors (Lipinski definition) is 2. The Bertz CT molecular complexity index is 675. The Hall–Kier alpha value is -2.26. The Morgan fingerprint density at radius 2 is 2.24 bits per heavy atom. The topological polar surface area (TPSA) is 89.3 Å². The number of nitrogens with two attached hydrogens (primary N) is 1. The van der Waals surface area contributed by atoms with E-state index in [-0.39, 0.29) is 11.9 Å². The zero-order valence-corrected chi connectivity index (χ0v) is 12.3. The summed E-state index contributed by atoms with van der Waals surface area (Å²) in [4.78, 5) is 16.7. The van der Waals surface area contributed by atoms with E-state index in [1.807, 2.05) is 6.07 Å². The Morgan fingerprint density at radius 1 is 1.43 bits per heavy atom. The highest BCUT2D eigenvalue weighted by atomic mass is 16.3. The highest BCUT2D eigenvalue weighted by Gasteiger charge is 2.19. The lowest BCUT2D eigenvalue weighted by atomic mass is 9.99. The van der Waals surface area contributed by atoms with Crippen molar-refractivity contribution in [2.45, 2.75) is 39.2 Å². The molecule has 3 N–H and O–H groups in total. The van der Waals surface area contributed by atoms with E-state index >= 15 is 0 Å². The van der Waals surface area contributed by atoms with Gasteiger partial charge in [0, 0.05) is 11.2 Å². The van der Waals surface area contributed by atoms with E-state index in [1.165, 1.54) is 0 Å². The number of nitrogen functional groups attached to an aromatic ring is 1. The van der Waals surface area contributed by atoms with Gasteiger partial charge in [-0.3, -0.25) is 0 Å². The predicted molar refractivity (Wildman–Crippen MR) is 83.3 cm³/mol. The maximum Gasteiger partial charge on any atom is 0.457 e. The van der Waals surface area contributed by atoms with Gasteiger partial charge in [0.25, 0.3) is 0 Å². The molecule has 2 aromatic rings. The maximum absolute atomic E-state index is 9.79. The average molecular weight is 286 g/mol. The number of hydrogen-bond acceptors (Lipinski definition) is 5. The third kappa shape index (κ3) is 3.86. The van der Waals surface area contributed by atoms with Gasteiger partial charge in [-0.15, -0.1) is 0 Å². The van der Waals surface area contributed by atoms with Crippen LogP contribution in [-0.4, -0.2) is 26.2 Å². The lowest BCUT2D eigenvalue weighted by molar-refractivity contribution is 0.147. The van der Waals surface area contributed by atoms with Crippen molar-refractivity contribution in [1.82, 2.24) is 15.0 Å². The summed E-state index contributed by atoms with van der Waals surface area (Å²) in [6.45, 7) is 3.85. The molecule has 0 saturated carbocycles. The van der Waals surface area contributed by atoms with Crippen molar-refractivity contribution in [1.29, 1.82) is 0 Å². The van der Waals surface area contributed by atoms with Crippen LogP contribution >= 0.6 is 0 Å². The van der Waals surface area contributed by atoms with E-state index in [0.29, 0.717) is 16.9 Å². The smallest absolute Gasteiger partial charge is 0.392 e. The van der Waals surface area contributed by atoms with Gasteiger partial charge in [0.1, 0.15) is 5.52 Å². The minimum Gasteiger partial charge on any atom is -0.392 e. The van der Waals surface area contributed by atoms with Gasteiger partial charge >= 0.3 is 11.8 Å². The van der Waals surface area contributed by atoms with Gasteiger partial charge in [0.15, 0.2) is 6.07 Å². The first-order valence-electron chi connectivity index (χ1n) is 7.14. The van der Waals surface area contributed by atoms with Gasteiger partial charge in [-0.2, -0.15) is 9.83 Å². The van der Waals surface area contributed by atoms with E-state index in [4.69, 9.17) is 5.73 Å². The van der Waals surface area contributed by atoms with Crippen LogP contribution in [0.4, 0.5) is 11.8 Å². The first-order chi connectivity index (χ1) is 10.1. The Kier molecular flexibility index (Phi) is 5.01. The summed E-state index contributed by atoms with van der Waals surface area (Å²) in [5, 5.41) is 9.79. The van der Waals surface area contributed by atoms with E-state index < -0.39 is 6.10 Å². The first-order valence-corrected chi connectivity index (χ1v) is 7.14. The van der Waals surface area contributed by atoms with Crippen LogP contribution in [0.15, 0.2) is 18.3 Å². The third-order valence-corrected chi connectivity index (χ3v) is 3.24. The van der Waals surface area contributed by atoms with E-state index in [2.05, 4.69) is 32.8 Å². The molecule has 2 aromatic heterocycles. The van der Waals surface area contributed by atoms with Gasteiger partial charge in [-0.05, 0) is 25.5 Å². The summed E-state index contributed by atoms with van der Waals surface area (Å²) in [6.07, 6.45) is 4.07. The molecule has 2 heterocycles. The number of aliphatic hydroxyl groups excluding tert-OH is 1. The Morgan fingerprint density at radius 3 is 2.95 bits per heavy atom. The molecule has 0 spiro atoms. The largest absolute Gasteiger partial charge is 0.457 e. The molecule has 6 heteroatoms. The molecular weight excluding hydrogens is 266 g/mol. The first kappa shape index (κ1) is 15.1. The molecule has 1 unspecified atom stereocenters. The fourth-order valence-corrected chi connectivity index (χ4v) is 2.03. The lowest BCUT2D eigenvalue weighted by Crippen LogP contribution is -2.14. The molecule has 0 aliphatic carbocycles. The number of nitrogens with zero attached hydrogens (tertiary/aromatic N) is 4. The zero-order chi connectivity index (χ0) is 15.2. The van der Waals surface area contributed by atoms with Crippen LogP contribution in [-0.2, 0) is 0 Å². The number of unbranched alkanes of at least 4 members (excludes halogenated alkanes) is 1. The molecule has 6 nitrogen and oxygen atoms in total. The molecule has 2 rings (SSSR count). The summed E-state index contributed by atoms with van der Waals surface area (Å²) >= 11 is 0. The molecular formula is C15H20N5O+. The molecule has 0 aliphatic heterocycles. The summed E-state index contributed by atoms with van der Waals surface area (Å²) in [6, 6.07) is 6.57. The van der Waals surface area contributed by atoms with Crippen LogP contribution in [0.1, 0.15) is 33.1 Å². The van der Waals surface area contributed by atoms with Crippen molar-refractivity contribution in [3.63, 3.8) is 0 Å². The summed E-state index contributed by atoms with van der Waals surface area (Å²) in [5.74, 6) is 0.415. The summed E-state index contributed by atoms with van der Waals surface area (Å²) in [5.41, 5.74) is 6.91. The molecule has 0 aliphatic rings. The van der Waals surface area contributed by atoms with Crippen molar-refractivity contribution in [2.24, 2.45) is 5.92 Å². The van der Waals surface area contributed by atoms with Crippen molar-refractivity contribution >= 4 is 22.8 Å². The molecule has 0 amide bonds. The standard InChI is InChI=1S/C15H20N5O/c1-3-4-6-11(10(2)21)9-18-14-13-12(7-5-8-17-13)19-15(16)20-14/h5,7-8,10-11,21H,3-4,6H2,1-2H3,(H2,16,19,20)/q+1/t10-,11?/m0/s1. The number of anilines is 1. The quantitative estimate of drug-likeness (QED) is 0.902. The summed E-state index contributed by atoms with van der Waals surface area (Å²) in [7, 11) is 0. The van der Waals surface area contributed by atoms with Gasteiger partial charge in [0.05, 0.1) is 12.0 Å². The number of fused-ring (bicyclic) bond motifs is 1. The van der Waals surface area contributed by atoms with Crippen molar-refractivity contribution < 1.29 is 5.11 Å². The van der Waals surface area contributed by atoms with Crippen molar-refractivity contribution in [3.8, 4) is 6.07 Å². The van der Waals surface area contributed by atoms with Crippen LogP contribution in [0.25, 0.3) is 15.9 Å². The van der Waals surface area contributed by atoms with E-state index in [0.717, 1.165) is 19.3 Å². The number of aromatic nitrogens is 3. The van der Waals surface area contributed by atoms with Crippen LogP contribution in [0.3, 0.4) is 0 Å². The monoisotopic (exact) mass is 286 g/mol. The maximum atomic E-state index is 9.79. The molecule has 0 fully saturated rings. The highest BCUT2D eigenvalue weighted by molar-refractivity contribution is 5.86. The van der Waals surface area contributed by atoms with Crippen molar-refractivity contribution in [3.05, 3.63) is 23.2 Å². The molecule has 0 saturated heterocycles. The van der Waals surface area contributed by atoms with Gasteiger partial charge in [0.2, 0.25) is 5.52 Å². The van der Waals surface area contributed by atoms with Crippen molar-refractivity contribution in [2.75, 3.05) is 5.73 Å². The Labute approximate surface area is 123 Å². The Balaban J connectivity index is 2.36. The minimum atomic E-state index is -0.501. The highest BCUT2D eigenvalue weighted by Crippen LogP contribution is 2.22. The fourth-order valence-electron chi connectivity index (χ4n) is 2.03. The summed E-state index contributed by atoms with van der Waals surface area (Å²) < 4.78 is 0. The second kappa shape index (κ2) is 6.95. The van der Waals surface area contributed by atoms with E-state index in [9.17, 15) is 5.11 Å². The van der Waals surface area contributed by atoms with Gasteiger partial charge < -0.3 is 10.8 Å². The average Bonchev–Trinajstić information content (AvgIpc) is 2.46. The molecule has 21 heavy (non-hydrogen) atoms. The van der Waals surface area contributed by atoms with E-state index in [1.54, 1.807) is 19.2 Å². The number of pyridine rings is 1. The fraction of sp³-hybridized carbons (Fsp3) is 0.467. The molecule has 0 radical (unpaired) electrons. The third-order valence-electron chi connectivity index (χ3n) is 3.24. The molecule has 110 valence electrons. The second-order valence-corrected chi connectivity index (χ2v) is 5.01. The molecule has 0 bridgehead atoms. The molecule has 0 aromatic carbocycles. The number of aliphatic hydroxyl groups is 1. The predicted octanol–water partition coefficient (Wildman–Crippen LogP) is 2.76. The number of rotatable bonds is 4. The van der Waals surface area contributed by atoms with Gasteiger partial charge in [-0.1, -0.05) is 19.8 Å². The lowest BCUT2D eigenvalue weighted by Gasteiger charge is -2.09. The van der Waals surface area contributed by atoms with Crippen LogP contribution in [0.5, 0.6) is 0 Å². The second-order valence-electron chi connectivity index (χ2n) is 5.01. The molecule has 2 atom stereocenters. The van der Waals surface area contributed by atoms with Crippen LogP contribution in [0.2, 0.25) is 0 Å². The minimum absolute atomic E-state index is 0.125.